The molecule has 0 saturated heterocycles. The first-order chi connectivity index (χ1) is 6.40. The molecule has 0 aliphatic carbocycles. The van der Waals surface area contributed by atoms with Crippen molar-refractivity contribution in [2.75, 3.05) is 12.0 Å². The summed E-state index contributed by atoms with van der Waals surface area (Å²) in [7, 11) is -3.26. The third-order valence-electron chi connectivity index (χ3n) is 1.57. The lowest BCUT2D eigenvalue weighted by atomic mass is 10.1. The zero-order chi connectivity index (χ0) is 10.8. The Bertz CT molecular complexity index is 451. The zero-order valence-corrected chi connectivity index (χ0v) is 9.93. The summed E-state index contributed by atoms with van der Waals surface area (Å²) in [6.07, 6.45) is 1.04. The SMILES string of the molecule is CS(=O)(=O)CC(=O)c1ccccc1Br. The molecule has 3 nitrogen and oxygen atoms in total. The molecule has 0 radical (unpaired) electrons. The minimum Gasteiger partial charge on any atom is -0.293 e. The molecule has 0 aliphatic heterocycles. The number of hydrogen-bond acceptors (Lipinski definition) is 3. The summed E-state index contributed by atoms with van der Waals surface area (Å²) in [5.41, 5.74) is 0.401. The van der Waals surface area contributed by atoms with Crippen LogP contribution in [0.1, 0.15) is 10.4 Å². The fourth-order valence-corrected chi connectivity index (χ4v) is 2.14. The summed E-state index contributed by atoms with van der Waals surface area (Å²) in [5.74, 6) is -0.838. The predicted octanol–water partition coefficient (Wildman–Crippen LogP) is 1.68. The molecule has 0 aliphatic rings. The van der Waals surface area contributed by atoms with Gasteiger partial charge in [0.25, 0.3) is 0 Å². The number of hydrogen-bond donors (Lipinski definition) is 0. The van der Waals surface area contributed by atoms with Crippen molar-refractivity contribution in [2.24, 2.45) is 0 Å². The Labute approximate surface area is 91.2 Å². The fourth-order valence-electron chi connectivity index (χ4n) is 1.00. The maximum absolute atomic E-state index is 11.5. The first kappa shape index (κ1) is 11.4. The van der Waals surface area contributed by atoms with Gasteiger partial charge in [-0.2, -0.15) is 0 Å². The van der Waals surface area contributed by atoms with Crippen LogP contribution >= 0.6 is 15.9 Å². The molecular weight excluding hydrogens is 268 g/mol. The Kier molecular flexibility index (Phi) is 3.44. The molecule has 0 atom stereocenters. The highest BCUT2D eigenvalue weighted by atomic mass is 79.9. The van der Waals surface area contributed by atoms with Crippen LogP contribution in [-0.2, 0) is 9.84 Å². The first-order valence-corrected chi connectivity index (χ1v) is 6.71. The summed E-state index contributed by atoms with van der Waals surface area (Å²) in [4.78, 5) is 11.5. The van der Waals surface area contributed by atoms with E-state index >= 15 is 0 Å². The van der Waals surface area contributed by atoms with Crippen LogP contribution in [0.15, 0.2) is 28.7 Å². The van der Waals surface area contributed by atoms with Crippen LogP contribution < -0.4 is 0 Å². The largest absolute Gasteiger partial charge is 0.293 e. The van der Waals surface area contributed by atoms with Crippen molar-refractivity contribution in [3.63, 3.8) is 0 Å². The minimum atomic E-state index is -3.26. The lowest BCUT2D eigenvalue weighted by Crippen LogP contribution is -2.14. The molecule has 76 valence electrons. The van der Waals surface area contributed by atoms with Crippen LogP contribution in [0.4, 0.5) is 0 Å². The molecule has 5 heteroatoms. The van der Waals surface area contributed by atoms with Crippen LogP contribution in [-0.4, -0.2) is 26.2 Å². The van der Waals surface area contributed by atoms with Crippen molar-refractivity contribution in [3.05, 3.63) is 34.3 Å². The Hall–Kier alpha value is -0.680. The summed E-state index contributed by atoms with van der Waals surface area (Å²) in [6.45, 7) is 0. The van der Waals surface area contributed by atoms with E-state index < -0.39 is 15.6 Å². The molecule has 0 fully saturated rings. The molecule has 1 aromatic rings. The van der Waals surface area contributed by atoms with Gasteiger partial charge in [-0.15, -0.1) is 0 Å². The number of ketones is 1. The van der Waals surface area contributed by atoms with Gasteiger partial charge in [-0.25, -0.2) is 8.42 Å². The van der Waals surface area contributed by atoms with Gasteiger partial charge >= 0.3 is 0 Å². The second-order valence-corrected chi connectivity index (χ2v) is 5.97. The van der Waals surface area contributed by atoms with Crippen LogP contribution in [0.3, 0.4) is 0 Å². The van der Waals surface area contributed by atoms with Crippen LogP contribution in [0.25, 0.3) is 0 Å². The molecular formula is C9H9BrO3S. The molecule has 0 heterocycles. The molecule has 1 rings (SSSR count). The number of rotatable bonds is 3. The lowest BCUT2D eigenvalue weighted by molar-refractivity contribution is 0.102. The van der Waals surface area contributed by atoms with E-state index in [1.165, 1.54) is 0 Å². The van der Waals surface area contributed by atoms with Crippen molar-refractivity contribution in [3.8, 4) is 0 Å². The van der Waals surface area contributed by atoms with E-state index in [9.17, 15) is 13.2 Å². The quantitative estimate of drug-likeness (QED) is 0.790. The van der Waals surface area contributed by atoms with Crippen molar-refractivity contribution in [2.45, 2.75) is 0 Å². The van der Waals surface area contributed by atoms with Gasteiger partial charge in [0, 0.05) is 16.3 Å². The highest BCUT2D eigenvalue weighted by Gasteiger charge is 2.14. The molecule has 0 bridgehead atoms. The van der Waals surface area contributed by atoms with E-state index in [0.717, 1.165) is 6.26 Å². The van der Waals surface area contributed by atoms with Gasteiger partial charge in [0.05, 0.1) is 0 Å². The Morgan fingerprint density at radius 3 is 2.43 bits per heavy atom. The molecule has 0 N–H and O–H groups in total. The number of sulfone groups is 1. The molecule has 0 aromatic heterocycles. The highest BCUT2D eigenvalue weighted by Crippen LogP contribution is 2.16. The average Bonchev–Trinajstić information content (AvgIpc) is 2.01. The van der Waals surface area contributed by atoms with Crippen molar-refractivity contribution >= 4 is 31.6 Å². The van der Waals surface area contributed by atoms with Gasteiger partial charge in [0.15, 0.2) is 15.6 Å². The molecule has 1 aromatic carbocycles. The van der Waals surface area contributed by atoms with E-state index in [1.807, 2.05) is 0 Å². The molecule has 0 saturated carbocycles. The van der Waals surface area contributed by atoms with Gasteiger partial charge < -0.3 is 0 Å². The summed E-state index contributed by atoms with van der Waals surface area (Å²) in [6, 6.07) is 6.76. The van der Waals surface area contributed by atoms with E-state index in [4.69, 9.17) is 0 Å². The third kappa shape index (κ3) is 3.23. The lowest BCUT2D eigenvalue weighted by Gasteiger charge is -2.01. The topological polar surface area (TPSA) is 51.2 Å². The average molecular weight is 277 g/mol. The van der Waals surface area contributed by atoms with Crippen molar-refractivity contribution in [1.82, 2.24) is 0 Å². The van der Waals surface area contributed by atoms with Crippen LogP contribution in [0, 0.1) is 0 Å². The maximum Gasteiger partial charge on any atom is 0.178 e. The Morgan fingerprint density at radius 2 is 1.93 bits per heavy atom. The first-order valence-electron chi connectivity index (χ1n) is 3.85. The summed E-state index contributed by atoms with van der Waals surface area (Å²) >= 11 is 3.19. The van der Waals surface area contributed by atoms with E-state index in [-0.39, 0.29) is 5.78 Å². The smallest absolute Gasteiger partial charge is 0.178 e. The monoisotopic (exact) mass is 276 g/mol. The predicted molar refractivity (Wildman–Crippen MR) is 58.2 cm³/mol. The standard InChI is InChI=1S/C9H9BrO3S/c1-14(12,13)6-9(11)7-4-2-3-5-8(7)10/h2-5H,6H2,1H3. The maximum atomic E-state index is 11.5. The van der Waals surface area contributed by atoms with Gasteiger partial charge in [0.1, 0.15) is 5.75 Å². The van der Waals surface area contributed by atoms with Gasteiger partial charge in [-0.05, 0) is 6.07 Å². The molecule has 0 amide bonds. The molecule has 0 unspecified atom stereocenters. The van der Waals surface area contributed by atoms with Gasteiger partial charge in [-0.3, -0.25) is 4.79 Å². The van der Waals surface area contributed by atoms with Crippen LogP contribution in [0.2, 0.25) is 0 Å². The number of carbonyl (C=O) groups is 1. The number of Topliss-reactive ketones (excluding diaryl/α,β-unsaturated/α-hetero) is 1. The Balaban J connectivity index is 2.97. The Morgan fingerprint density at radius 1 is 1.36 bits per heavy atom. The number of carbonyl (C=O) groups excluding carboxylic acids is 1. The molecule has 14 heavy (non-hydrogen) atoms. The number of benzene rings is 1. The molecule has 0 spiro atoms. The van der Waals surface area contributed by atoms with Crippen molar-refractivity contribution in [1.29, 1.82) is 0 Å². The summed E-state index contributed by atoms with van der Waals surface area (Å²) < 4.78 is 22.4. The zero-order valence-electron chi connectivity index (χ0n) is 7.53. The van der Waals surface area contributed by atoms with Crippen LogP contribution in [0.5, 0.6) is 0 Å². The minimum absolute atomic E-state index is 0.389. The normalized spacial score (nSPS) is 11.3. The van der Waals surface area contributed by atoms with E-state index in [0.29, 0.717) is 10.0 Å². The van der Waals surface area contributed by atoms with Crippen molar-refractivity contribution < 1.29 is 13.2 Å². The third-order valence-corrected chi connectivity index (χ3v) is 3.05. The van der Waals surface area contributed by atoms with E-state index in [2.05, 4.69) is 15.9 Å². The second-order valence-electron chi connectivity index (χ2n) is 2.97. The van der Waals surface area contributed by atoms with E-state index in [1.54, 1.807) is 24.3 Å². The fraction of sp³-hybridized carbons (Fsp3) is 0.222. The number of halogens is 1. The summed E-state index contributed by atoms with van der Waals surface area (Å²) in [5, 5.41) is 0. The second kappa shape index (κ2) is 4.23. The highest BCUT2D eigenvalue weighted by molar-refractivity contribution is 9.10. The van der Waals surface area contributed by atoms with Gasteiger partial charge in [0.2, 0.25) is 0 Å². The van der Waals surface area contributed by atoms with Gasteiger partial charge in [-0.1, -0.05) is 34.1 Å².